The second-order valence-electron chi connectivity index (χ2n) is 7.81. The zero-order valence-electron chi connectivity index (χ0n) is 18.8. The van der Waals surface area contributed by atoms with Crippen molar-refractivity contribution in [2.75, 3.05) is 0 Å². The molecule has 0 fully saturated rings. The quantitative estimate of drug-likeness (QED) is 0.205. The molecule has 0 spiro atoms. The SMILES string of the molecule is N#Cc1c(C(F)(F)F)cc(-c2ccc(OCc3ccc(Cl)cc3)cc2)nc1SCc1ccc(Cl)cc1Cl. The van der Waals surface area contributed by atoms with Gasteiger partial charge in [0.25, 0.3) is 0 Å². The number of nitriles is 1. The van der Waals surface area contributed by atoms with Crippen LogP contribution in [0.3, 0.4) is 0 Å². The van der Waals surface area contributed by atoms with E-state index in [0.29, 0.717) is 38.6 Å². The summed E-state index contributed by atoms with van der Waals surface area (Å²) in [5.74, 6) is 0.742. The number of hydrogen-bond acceptors (Lipinski definition) is 4. The molecule has 1 aromatic heterocycles. The summed E-state index contributed by atoms with van der Waals surface area (Å²) in [6.45, 7) is 0.303. The largest absolute Gasteiger partial charge is 0.489 e. The second kappa shape index (κ2) is 11.7. The molecule has 3 nitrogen and oxygen atoms in total. The summed E-state index contributed by atoms with van der Waals surface area (Å²) < 4.78 is 47.4. The fraction of sp³-hybridized carbons (Fsp3) is 0.111. The third kappa shape index (κ3) is 6.91. The van der Waals surface area contributed by atoms with Crippen molar-refractivity contribution >= 4 is 46.6 Å². The van der Waals surface area contributed by atoms with Crippen molar-refractivity contribution < 1.29 is 17.9 Å². The minimum Gasteiger partial charge on any atom is -0.489 e. The molecular weight excluding hydrogens is 564 g/mol. The lowest BCUT2D eigenvalue weighted by Crippen LogP contribution is -2.10. The molecular formula is C27H16Cl3F3N2OS. The number of alkyl halides is 3. The Morgan fingerprint density at radius 3 is 2.19 bits per heavy atom. The fourth-order valence-corrected chi connectivity index (χ4v) is 5.05. The molecule has 188 valence electrons. The Kier molecular flexibility index (Phi) is 8.56. The van der Waals surface area contributed by atoms with Crippen LogP contribution < -0.4 is 4.74 Å². The molecule has 1 heterocycles. The molecule has 4 aromatic rings. The Bertz CT molecular complexity index is 1450. The second-order valence-corrected chi connectivity index (χ2v) is 10.1. The van der Waals surface area contributed by atoms with Crippen molar-refractivity contribution in [1.29, 1.82) is 5.26 Å². The van der Waals surface area contributed by atoms with Crippen LogP contribution in [0.2, 0.25) is 15.1 Å². The summed E-state index contributed by atoms with van der Waals surface area (Å²) in [6, 6.07) is 21.2. The Morgan fingerprint density at radius 1 is 0.892 bits per heavy atom. The van der Waals surface area contributed by atoms with E-state index in [-0.39, 0.29) is 16.5 Å². The summed E-state index contributed by atoms with van der Waals surface area (Å²) in [5, 5.41) is 10.9. The lowest BCUT2D eigenvalue weighted by Gasteiger charge is -2.15. The maximum atomic E-state index is 13.9. The molecule has 0 amide bonds. The van der Waals surface area contributed by atoms with Gasteiger partial charge in [0, 0.05) is 26.4 Å². The lowest BCUT2D eigenvalue weighted by molar-refractivity contribution is -0.138. The van der Waals surface area contributed by atoms with Crippen molar-refractivity contribution in [1.82, 2.24) is 4.98 Å². The molecule has 0 bridgehead atoms. The number of benzene rings is 3. The van der Waals surface area contributed by atoms with Gasteiger partial charge in [-0.25, -0.2) is 4.98 Å². The molecule has 0 saturated carbocycles. The third-order valence-corrected chi connectivity index (χ3v) is 7.11. The first-order valence-electron chi connectivity index (χ1n) is 10.7. The van der Waals surface area contributed by atoms with Gasteiger partial charge in [0.15, 0.2) is 0 Å². The average molecular weight is 580 g/mol. The minimum absolute atomic E-state index is 0.0404. The van der Waals surface area contributed by atoms with Gasteiger partial charge in [-0.3, -0.25) is 0 Å². The Morgan fingerprint density at radius 2 is 1.57 bits per heavy atom. The average Bonchev–Trinajstić information content (AvgIpc) is 2.87. The maximum Gasteiger partial charge on any atom is 0.417 e. The van der Waals surface area contributed by atoms with Crippen molar-refractivity contribution in [2.45, 2.75) is 23.6 Å². The van der Waals surface area contributed by atoms with Gasteiger partial charge >= 0.3 is 6.18 Å². The number of ether oxygens (including phenoxy) is 1. The first-order valence-corrected chi connectivity index (χ1v) is 12.8. The van der Waals surface area contributed by atoms with Gasteiger partial charge in [0.05, 0.1) is 16.8 Å². The van der Waals surface area contributed by atoms with Crippen LogP contribution >= 0.6 is 46.6 Å². The number of pyridine rings is 1. The number of halogens is 6. The van der Waals surface area contributed by atoms with Crippen LogP contribution in [0.5, 0.6) is 5.75 Å². The molecule has 0 aliphatic heterocycles. The first-order chi connectivity index (χ1) is 17.6. The van der Waals surface area contributed by atoms with Crippen LogP contribution in [-0.2, 0) is 18.5 Å². The van der Waals surface area contributed by atoms with Crippen LogP contribution in [0.25, 0.3) is 11.3 Å². The summed E-state index contributed by atoms with van der Waals surface area (Å²) >= 11 is 19.0. The zero-order valence-corrected chi connectivity index (χ0v) is 21.9. The number of rotatable bonds is 7. The van der Waals surface area contributed by atoms with Gasteiger partial charge in [0.2, 0.25) is 0 Å². The van der Waals surface area contributed by atoms with Crippen LogP contribution in [0.15, 0.2) is 77.8 Å². The van der Waals surface area contributed by atoms with E-state index >= 15 is 0 Å². The summed E-state index contributed by atoms with van der Waals surface area (Å²) in [6.07, 6.45) is -4.74. The normalized spacial score (nSPS) is 11.3. The highest BCUT2D eigenvalue weighted by Gasteiger charge is 2.36. The molecule has 0 aliphatic rings. The van der Waals surface area contributed by atoms with Gasteiger partial charge in [-0.05, 0) is 65.7 Å². The molecule has 37 heavy (non-hydrogen) atoms. The van der Waals surface area contributed by atoms with Crippen molar-refractivity contribution in [3.63, 3.8) is 0 Å². The van der Waals surface area contributed by atoms with Crippen molar-refractivity contribution in [2.24, 2.45) is 0 Å². The van der Waals surface area contributed by atoms with Crippen LogP contribution in [-0.4, -0.2) is 4.98 Å². The third-order valence-electron chi connectivity index (χ3n) is 5.25. The van der Waals surface area contributed by atoms with E-state index in [1.54, 1.807) is 60.7 Å². The summed E-state index contributed by atoms with van der Waals surface area (Å²) in [7, 11) is 0. The summed E-state index contributed by atoms with van der Waals surface area (Å²) in [5.41, 5.74) is 0.518. The zero-order chi connectivity index (χ0) is 26.6. The maximum absolute atomic E-state index is 13.9. The van der Waals surface area contributed by atoms with Gasteiger partial charge in [-0.15, -0.1) is 11.8 Å². The van der Waals surface area contributed by atoms with E-state index in [1.807, 2.05) is 12.1 Å². The predicted octanol–water partition coefficient (Wildman–Crippen LogP) is 9.47. The standard InChI is InChI=1S/C27H16Cl3F3N2OS/c28-19-6-1-16(2-7-19)14-36-21-9-4-17(5-10-21)25-12-23(27(31,32)33)22(13-34)26(35-25)37-15-18-3-8-20(29)11-24(18)30/h1-12H,14-15H2. The molecule has 0 atom stereocenters. The monoisotopic (exact) mass is 578 g/mol. The van der Waals surface area contributed by atoms with E-state index in [0.717, 1.165) is 23.4 Å². The van der Waals surface area contributed by atoms with E-state index in [9.17, 15) is 18.4 Å². The van der Waals surface area contributed by atoms with E-state index in [4.69, 9.17) is 39.5 Å². The van der Waals surface area contributed by atoms with Gasteiger partial charge in [-0.1, -0.05) is 53.0 Å². The Labute approximate surface area is 230 Å². The molecule has 0 radical (unpaired) electrons. The fourth-order valence-electron chi connectivity index (χ4n) is 3.36. The molecule has 4 rings (SSSR count). The predicted molar refractivity (Wildman–Crippen MR) is 141 cm³/mol. The van der Waals surface area contributed by atoms with Crippen molar-refractivity contribution in [3.8, 4) is 23.1 Å². The van der Waals surface area contributed by atoms with Gasteiger partial charge in [-0.2, -0.15) is 18.4 Å². The van der Waals surface area contributed by atoms with E-state index < -0.39 is 17.3 Å². The lowest BCUT2D eigenvalue weighted by atomic mass is 10.1. The molecule has 0 unspecified atom stereocenters. The topological polar surface area (TPSA) is 45.9 Å². The van der Waals surface area contributed by atoms with Crippen LogP contribution in [0, 0.1) is 11.3 Å². The molecule has 0 aliphatic carbocycles. The highest BCUT2D eigenvalue weighted by Crippen LogP contribution is 2.39. The molecule has 10 heteroatoms. The molecule has 0 N–H and O–H groups in total. The van der Waals surface area contributed by atoms with E-state index in [1.165, 1.54) is 0 Å². The van der Waals surface area contributed by atoms with Gasteiger partial charge in [0.1, 0.15) is 23.5 Å². The minimum atomic E-state index is -4.74. The molecule has 0 saturated heterocycles. The number of nitrogens with zero attached hydrogens (tertiary/aromatic N) is 2. The van der Waals surface area contributed by atoms with Crippen LogP contribution in [0.1, 0.15) is 22.3 Å². The van der Waals surface area contributed by atoms with Crippen LogP contribution in [0.4, 0.5) is 13.2 Å². The highest BCUT2D eigenvalue weighted by atomic mass is 35.5. The Balaban J connectivity index is 1.61. The number of hydrogen-bond donors (Lipinski definition) is 0. The Hall–Kier alpha value is -2.89. The summed E-state index contributed by atoms with van der Waals surface area (Å²) in [4.78, 5) is 4.40. The van der Waals surface area contributed by atoms with Crippen molar-refractivity contribution in [3.05, 3.63) is 110 Å². The molecule has 3 aromatic carbocycles. The number of aromatic nitrogens is 1. The highest BCUT2D eigenvalue weighted by molar-refractivity contribution is 7.98. The first kappa shape index (κ1) is 27.2. The van der Waals surface area contributed by atoms with E-state index in [2.05, 4.69) is 4.98 Å². The smallest absolute Gasteiger partial charge is 0.417 e. The number of thioether (sulfide) groups is 1. The van der Waals surface area contributed by atoms with Gasteiger partial charge < -0.3 is 4.74 Å².